The lowest BCUT2D eigenvalue weighted by Crippen LogP contribution is -2.31. The van der Waals surface area contributed by atoms with Gasteiger partial charge in [0.25, 0.3) is 0 Å². The maximum atomic E-state index is 12.7. The summed E-state index contributed by atoms with van der Waals surface area (Å²) in [4.78, 5) is -0.321. The monoisotopic (exact) mass is 289 g/mol. The van der Waals surface area contributed by atoms with E-state index in [4.69, 9.17) is 0 Å². The van der Waals surface area contributed by atoms with Crippen LogP contribution in [0.4, 0.5) is 14.5 Å². The molecular weight excluding hydrogens is 272 g/mol. The molecule has 1 fully saturated rings. The molecule has 1 N–H and O–H groups in total. The molecule has 1 aliphatic rings. The zero-order valence-electron chi connectivity index (χ0n) is 10.7. The summed E-state index contributed by atoms with van der Waals surface area (Å²) < 4.78 is 48.6. The Morgan fingerprint density at radius 2 is 1.79 bits per heavy atom. The van der Waals surface area contributed by atoms with Gasteiger partial charge in [0.05, 0.1) is 10.6 Å². The van der Waals surface area contributed by atoms with Crippen molar-refractivity contribution in [3.8, 4) is 0 Å². The minimum atomic E-state index is -4.57. The van der Waals surface area contributed by atoms with Gasteiger partial charge in [-0.1, -0.05) is 25.0 Å². The van der Waals surface area contributed by atoms with Gasteiger partial charge in [-0.2, -0.15) is 8.78 Å². The Kier molecular flexibility index (Phi) is 3.80. The summed E-state index contributed by atoms with van der Waals surface area (Å²) in [6.45, 7) is 1.99. The maximum Gasteiger partial charge on any atom is 0.341 e. The van der Waals surface area contributed by atoms with Crippen LogP contribution in [0.25, 0.3) is 0 Å². The van der Waals surface area contributed by atoms with Crippen LogP contribution in [0, 0.1) is 0 Å². The van der Waals surface area contributed by atoms with Crippen molar-refractivity contribution < 1.29 is 17.2 Å². The molecule has 3 nitrogen and oxygen atoms in total. The van der Waals surface area contributed by atoms with Crippen molar-refractivity contribution in [3.63, 3.8) is 0 Å². The lowest BCUT2D eigenvalue weighted by atomic mass is 10.0. The molecule has 1 aromatic carbocycles. The van der Waals surface area contributed by atoms with Crippen molar-refractivity contribution in [1.29, 1.82) is 0 Å². The molecule has 2 rings (SSSR count). The van der Waals surface area contributed by atoms with Gasteiger partial charge in [-0.05, 0) is 31.9 Å². The molecule has 1 saturated carbocycles. The van der Waals surface area contributed by atoms with Gasteiger partial charge in [0.1, 0.15) is 0 Å². The fourth-order valence-corrected chi connectivity index (χ4v) is 3.41. The SMILES string of the molecule is CC1(Nc2ccccc2S(=O)(=O)C(F)F)CCCC1. The molecule has 0 heterocycles. The molecule has 1 aliphatic carbocycles. The summed E-state index contributed by atoms with van der Waals surface area (Å²) in [5.41, 5.74) is 0.0560. The fraction of sp³-hybridized carbons (Fsp3) is 0.538. The molecule has 1 aromatic rings. The number of hydrogen-bond acceptors (Lipinski definition) is 3. The van der Waals surface area contributed by atoms with E-state index in [0.29, 0.717) is 0 Å². The largest absolute Gasteiger partial charge is 0.379 e. The summed E-state index contributed by atoms with van der Waals surface area (Å²) in [7, 11) is -4.57. The Morgan fingerprint density at radius 3 is 2.37 bits per heavy atom. The van der Waals surface area contributed by atoms with Gasteiger partial charge < -0.3 is 5.32 Å². The Hall–Kier alpha value is -1.17. The van der Waals surface area contributed by atoms with E-state index in [1.54, 1.807) is 12.1 Å². The molecule has 0 atom stereocenters. The first-order chi connectivity index (χ1) is 8.85. The number of rotatable bonds is 4. The van der Waals surface area contributed by atoms with Crippen LogP contribution in [-0.4, -0.2) is 19.7 Å². The quantitative estimate of drug-likeness (QED) is 0.923. The fourth-order valence-electron chi connectivity index (χ4n) is 2.52. The summed E-state index contributed by atoms with van der Waals surface area (Å²) in [5.74, 6) is -3.40. The van der Waals surface area contributed by atoms with Crippen LogP contribution < -0.4 is 5.32 Å². The zero-order valence-corrected chi connectivity index (χ0v) is 11.5. The summed E-state index contributed by atoms with van der Waals surface area (Å²) >= 11 is 0. The van der Waals surface area contributed by atoms with Crippen LogP contribution in [0.1, 0.15) is 32.6 Å². The molecule has 0 unspecified atom stereocenters. The van der Waals surface area contributed by atoms with Crippen LogP contribution in [-0.2, 0) is 9.84 Å². The highest BCUT2D eigenvalue weighted by molar-refractivity contribution is 7.91. The third-order valence-corrected chi connectivity index (χ3v) is 5.01. The van der Waals surface area contributed by atoms with Crippen LogP contribution in [0.15, 0.2) is 29.2 Å². The highest BCUT2D eigenvalue weighted by atomic mass is 32.2. The van der Waals surface area contributed by atoms with Crippen LogP contribution in [0.3, 0.4) is 0 Å². The molecule has 0 spiro atoms. The molecule has 0 radical (unpaired) electrons. The average molecular weight is 289 g/mol. The zero-order chi connectivity index (χ0) is 14.1. The molecule has 106 valence electrons. The van der Waals surface area contributed by atoms with E-state index in [2.05, 4.69) is 5.32 Å². The highest BCUT2D eigenvalue weighted by Gasteiger charge is 2.33. The molecule has 0 aromatic heterocycles. The van der Waals surface area contributed by atoms with E-state index in [1.165, 1.54) is 12.1 Å². The number of nitrogens with one attached hydrogen (secondary N) is 1. The topological polar surface area (TPSA) is 46.2 Å². The maximum absolute atomic E-state index is 12.7. The molecule has 0 aliphatic heterocycles. The first kappa shape index (κ1) is 14.2. The van der Waals surface area contributed by atoms with Crippen LogP contribution in [0.5, 0.6) is 0 Å². The summed E-state index contributed by atoms with van der Waals surface area (Å²) in [5, 5.41) is 3.13. The van der Waals surface area contributed by atoms with E-state index >= 15 is 0 Å². The van der Waals surface area contributed by atoms with Crippen molar-refractivity contribution in [2.24, 2.45) is 0 Å². The van der Waals surface area contributed by atoms with E-state index in [1.807, 2.05) is 6.92 Å². The number of alkyl halides is 2. The number of benzene rings is 1. The van der Waals surface area contributed by atoms with Gasteiger partial charge in [0.15, 0.2) is 0 Å². The lowest BCUT2D eigenvalue weighted by molar-refractivity contribution is 0.235. The van der Waals surface area contributed by atoms with Gasteiger partial charge >= 0.3 is 5.76 Å². The van der Waals surface area contributed by atoms with Gasteiger partial charge in [-0.25, -0.2) is 8.42 Å². The van der Waals surface area contributed by atoms with Crippen molar-refractivity contribution in [1.82, 2.24) is 0 Å². The van der Waals surface area contributed by atoms with Gasteiger partial charge in [-0.15, -0.1) is 0 Å². The van der Waals surface area contributed by atoms with E-state index in [0.717, 1.165) is 25.7 Å². The Morgan fingerprint density at radius 1 is 1.21 bits per heavy atom. The predicted octanol–water partition coefficient (Wildman–Crippen LogP) is 3.43. The first-order valence-electron chi connectivity index (χ1n) is 6.24. The van der Waals surface area contributed by atoms with Crippen molar-refractivity contribution >= 4 is 15.5 Å². The number of sulfone groups is 1. The minimum Gasteiger partial charge on any atom is -0.379 e. The normalized spacial score (nSPS) is 18.7. The molecule has 6 heteroatoms. The number of hydrogen-bond donors (Lipinski definition) is 1. The first-order valence-corrected chi connectivity index (χ1v) is 7.79. The summed E-state index contributed by atoms with van der Waals surface area (Å²) in [6.07, 6.45) is 3.95. The smallest absolute Gasteiger partial charge is 0.341 e. The van der Waals surface area contributed by atoms with E-state index in [-0.39, 0.29) is 16.1 Å². The van der Waals surface area contributed by atoms with Gasteiger partial charge in [0, 0.05) is 5.54 Å². The second-order valence-electron chi connectivity index (χ2n) is 5.19. The van der Waals surface area contributed by atoms with Crippen molar-refractivity contribution in [2.45, 2.75) is 48.8 Å². The second kappa shape index (κ2) is 5.07. The van der Waals surface area contributed by atoms with Crippen LogP contribution in [0.2, 0.25) is 0 Å². The predicted molar refractivity (Wildman–Crippen MR) is 70.1 cm³/mol. The molecule has 0 saturated heterocycles. The standard InChI is InChI=1S/C13H17F2NO2S/c1-13(8-4-5-9-13)16-10-6-2-3-7-11(10)19(17,18)12(14)15/h2-3,6-7,12,16H,4-5,8-9H2,1H3. The molecule has 0 bridgehead atoms. The lowest BCUT2D eigenvalue weighted by Gasteiger charge is -2.28. The van der Waals surface area contributed by atoms with Gasteiger partial charge in [0.2, 0.25) is 9.84 Å². The molecule has 19 heavy (non-hydrogen) atoms. The third kappa shape index (κ3) is 2.88. The Labute approximate surface area is 111 Å². The molecule has 0 amide bonds. The van der Waals surface area contributed by atoms with E-state index in [9.17, 15) is 17.2 Å². The van der Waals surface area contributed by atoms with Gasteiger partial charge in [-0.3, -0.25) is 0 Å². The Bertz CT molecular complexity index is 552. The van der Waals surface area contributed by atoms with Crippen molar-refractivity contribution in [2.75, 3.05) is 5.32 Å². The van der Waals surface area contributed by atoms with Crippen molar-refractivity contribution in [3.05, 3.63) is 24.3 Å². The number of anilines is 1. The highest BCUT2D eigenvalue weighted by Crippen LogP contribution is 2.35. The Balaban J connectivity index is 2.37. The third-order valence-electron chi connectivity index (χ3n) is 3.57. The number of halogens is 2. The average Bonchev–Trinajstić information content (AvgIpc) is 2.76. The van der Waals surface area contributed by atoms with E-state index < -0.39 is 15.6 Å². The minimum absolute atomic E-state index is 0.215. The number of para-hydroxylation sites is 1. The van der Waals surface area contributed by atoms with Crippen LogP contribution >= 0.6 is 0 Å². The summed E-state index contributed by atoms with van der Waals surface area (Å²) in [6, 6.07) is 5.86. The molecular formula is C13H17F2NO2S. The second-order valence-corrected chi connectivity index (χ2v) is 7.08.